The number of nitrogens with zero attached hydrogens (tertiary/aromatic N) is 2. The molecule has 1 heterocycles. The van der Waals surface area contributed by atoms with Gasteiger partial charge in [0.2, 0.25) is 5.91 Å². The Labute approximate surface area is 101 Å². The van der Waals surface area contributed by atoms with Crippen LogP contribution in [0.5, 0.6) is 0 Å². The highest BCUT2D eigenvalue weighted by molar-refractivity contribution is 9.10. The molecule has 0 bridgehead atoms. The van der Waals surface area contributed by atoms with Gasteiger partial charge in [-0.05, 0) is 18.2 Å². The summed E-state index contributed by atoms with van der Waals surface area (Å²) >= 11 is 3.15. The van der Waals surface area contributed by atoms with E-state index in [1.807, 2.05) is 6.07 Å². The maximum atomic E-state index is 13.6. The second-order valence-electron chi connectivity index (χ2n) is 3.63. The molecule has 0 aliphatic carbocycles. The lowest BCUT2D eigenvalue weighted by molar-refractivity contribution is -0.117. The maximum absolute atomic E-state index is 13.6. The van der Waals surface area contributed by atoms with Crippen molar-refractivity contribution in [1.29, 1.82) is 5.26 Å². The minimum absolute atomic E-state index is 0.173. The van der Waals surface area contributed by atoms with Crippen molar-refractivity contribution in [3.05, 3.63) is 28.5 Å². The van der Waals surface area contributed by atoms with E-state index in [2.05, 4.69) is 15.9 Å². The Bertz CT molecular complexity index is 483. The van der Waals surface area contributed by atoms with Crippen LogP contribution in [-0.4, -0.2) is 12.5 Å². The number of amides is 1. The first-order chi connectivity index (χ1) is 7.61. The van der Waals surface area contributed by atoms with E-state index in [0.29, 0.717) is 4.47 Å². The van der Waals surface area contributed by atoms with Gasteiger partial charge in [0.15, 0.2) is 0 Å². The molecule has 0 saturated carbocycles. The number of hydrogen-bond acceptors (Lipinski definition) is 2. The molecule has 1 unspecified atom stereocenters. The summed E-state index contributed by atoms with van der Waals surface area (Å²) in [6, 6.07) is 6.55. The fraction of sp³-hybridized carbons (Fsp3) is 0.273. The second-order valence-corrected chi connectivity index (χ2v) is 4.55. The van der Waals surface area contributed by atoms with Crippen LogP contribution in [0.4, 0.5) is 10.1 Å². The van der Waals surface area contributed by atoms with Gasteiger partial charge in [0.1, 0.15) is 5.82 Å². The molecule has 1 atom stereocenters. The van der Waals surface area contributed by atoms with Gasteiger partial charge in [-0.1, -0.05) is 15.9 Å². The zero-order valence-electron chi connectivity index (χ0n) is 8.28. The Hall–Kier alpha value is -1.41. The molecular weight excluding hydrogens is 275 g/mol. The average molecular weight is 283 g/mol. The van der Waals surface area contributed by atoms with Crippen LogP contribution >= 0.6 is 15.9 Å². The Kier molecular flexibility index (Phi) is 2.92. The first kappa shape index (κ1) is 11.1. The summed E-state index contributed by atoms with van der Waals surface area (Å²) < 4.78 is 14.2. The number of anilines is 1. The lowest BCUT2D eigenvalue weighted by Crippen LogP contribution is -2.25. The topological polar surface area (TPSA) is 44.1 Å². The summed E-state index contributed by atoms with van der Waals surface area (Å²) in [4.78, 5) is 12.9. The monoisotopic (exact) mass is 282 g/mol. The van der Waals surface area contributed by atoms with Gasteiger partial charge < -0.3 is 4.90 Å². The number of hydrogen-bond donors (Lipinski definition) is 0. The lowest BCUT2D eigenvalue weighted by Gasteiger charge is -2.16. The van der Waals surface area contributed by atoms with Gasteiger partial charge >= 0.3 is 0 Å². The highest BCUT2D eigenvalue weighted by Gasteiger charge is 2.31. The summed E-state index contributed by atoms with van der Waals surface area (Å²) in [7, 11) is 0. The molecule has 16 heavy (non-hydrogen) atoms. The van der Waals surface area contributed by atoms with Crippen LogP contribution in [0, 0.1) is 23.1 Å². The standard InChI is InChI=1S/C11H8BrFN2O/c12-8-1-2-10(9(13)4-8)15-6-7(5-14)3-11(15)16/h1-2,4,7H,3,6H2. The summed E-state index contributed by atoms with van der Waals surface area (Å²) in [5.41, 5.74) is 0.242. The fourth-order valence-electron chi connectivity index (χ4n) is 1.73. The van der Waals surface area contributed by atoms with Gasteiger partial charge in [0.05, 0.1) is 17.7 Å². The van der Waals surface area contributed by atoms with Crippen molar-refractivity contribution in [1.82, 2.24) is 0 Å². The Balaban J connectivity index is 2.32. The molecule has 1 aliphatic rings. The fourth-order valence-corrected chi connectivity index (χ4v) is 2.06. The molecule has 2 rings (SSSR count). The van der Waals surface area contributed by atoms with Crippen molar-refractivity contribution in [2.45, 2.75) is 6.42 Å². The molecule has 1 aliphatic heterocycles. The molecule has 0 aromatic heterocycles. The Morgan fingerprint density at radius 3 is 2.88 bits per heavy atom. The number of halogens is 2. The quantitative estimate of drug-likeness (QED) is 0.794. The van der Waals surface area contributed by atoms with E-state index in [1.165, 1.54) is 17.0 Å². The van der Waals surface area contributed by atoms with E-state index in [4.69, 9.17) is 5.26 Å². The van der Waals surface area contributed by atoms with Crippen molar-refractivity contribution in [3.8, 4) is 6.07 Å². The van der Waals surface area contributed by atoms with Crippen LogP contribution in [0.25, 0.3) is 0 Å². The summed E-state index contributed by atoms with van der Waals surface area (Å²) in [6.07, 6.45) is 0.173. The number of rotatable bonds is 1. The van der Waals surface area contributed by atoms with Crippen molar-refractivity contribution in [2.75, 3.05) is 11.4 Å². The van der Waals surface area contributed by atoms with Gasteiger partial charge in [0, 0.05) is 17.4 Å². The van der Waals surface area contributed by atoms with Crippen LogP contribution in [0.2, 0.25) is 0 Å². The lowest BCUT2D eigenvalue weighted by atomic mass is 10.1. The third-order valence-corrected chi connectivity index (χ3v) is 3.00. The predicted molar refractivity (Wildman–Crippen MR) is 60.2 cm³/mol. The van der Waals surface area contributed by atoms with Crippen LogP contribution < -0.4 is 4.90 Å². The van der Waals surface area contributed by atoms with E-state index < -0.39 is 5.82 Å². The number of nitriles is 1. The van der Waals surface area contributed by atoms with Crippen LogP contribution in [-0.2, 0) is 4.79 Å². The maximum Gasteiger partial charge on any atom is 0.228 e. The highest BCUT2D eigenvalue weighted by Crippen LogP contribution is 2.28. The predicted octanol–water partition coefficient (Wildman–Crippen LogP) is 2.46. The van der Waals surface area contributed by atoms with E-state index in [9.17, 15) is 9.18 Å². The molecule has 1 fully saturated rings. The minimum atomic E-state index is -0.457. The number of carbonyl (C=O) groups excluding carboxylic acids is 1. The summed E-state index contributed by atoms with van der Waals surface area (Å²) in [5.74, 6) is -0.996. The van der Waals surface area contributed by atoms with Crippen LogP contribution in [0.15, 0.2) is 22.7 Å². The zero-order chi connectivity index (χ0) is 11.7. The van der Waals surface area contributed by atoms with Crippen LogP contribution in [0.3, 0.4) is 0 Å². The molecule has 1 amide bonds. The van der Waals surface area contributed by atoms with Crippen LogP contribution in [0.1, 0.15) is 6.42 Å². The normalized spacial score (nSPS) is 19.9. The molecular formula is C11H8BrFN2O. The van der Waals surface area contributed by atoms with Gasteiger partial charge in [0.25, 0.3) is 0 Å². The molecule has 3 nitrogen and oxygen atoms in total. The van der Waals surface area contributed by atoms with E-state index >= 15 is 0 Å². The van der Waals surface area contributed by atoms with Crippen molar-refractivity contribution >= 4 is 27.5 Å². The minimum Gasteiger partial charge on any atom is -0.308 e. The SMILES string of the molecule is N#CC1CC(=O)N(c2ccc(Br)cc2F)C1. The Morgan fingerprint density at radius 2 is 2.31 bits per heavy atom. The van der Waals surface area contributed by atoms with E-state index in [-0.39, 0.29) is 30.5 Å². The largest absolute Gasteiger partial charge is 0.308 e. The molecule has 0 spiro atoms. The first-order valence-electron chi connectivity index (χ1n) is 4.77. The Morgan fingerprint density at radius 1 is 1.56 bits per heavy atom. The van der Waals surface area contributed by atoms with E-state index in [0.717, 1.165) is 0 Å². The molecule has 1 aromatic rings. The van der Waals surface area contributed by atoms with Crippen molar-refractivity contribution in [3.63, 3.8) is 0 Å². The smallest absolute Gasteiger partial charge is 0.228 e. The summed E-state index contributed by atoms with van der Waals surface area (Å²) in [6.45, 7) is 0.272. The van der Waals surface area contributed by atoms with Crippen molar-refractivity contribution in [2.24, 2.45) is 5.92 Å². The molecule has 0 radical (unpaired) electrons. The number of carbonyl (C=O) groups is 1. The molecule has 82 valence electrons. The number of benzene rings is 1. The first-order valence-corrected chi connectivity index (χ1v) is 5.56. The van der Waals surface area contributed by atoms with Gasteiger partial charge in [-0.3, -0.25) is 4.79 Å². The van der Waals surface area contributed by atoms with Gasteiger partial charge in [-0.2, -0.15) is 5.26 Å². The molecule has 5 heteroatoms. The van der Waals surface area contributed by atoms with Gasteiger partial charge in [-0.25, -0.2) is 4.39 Å². The third kappa shape index (κ3) is 1.93. The second kappa shape index (κ2) is 4.22. The average Bonchev–Trinajstić information content (AvgIpc) is 2.60. The van der Waals surface area contributed by atoms with Gasteiger partial charge in [-0.15, -0.1) is 0 Å². The summed E-state index contributed by atoms with van der Waals surface area (Å²) in [5, 5.41) is 8.73. The third-order valence-electron chi connectivity index (χ3n) is 2.51. The molecule has 0 N–H and O–H groups in total. The zero-order valence-corrected chi connectivity index (χ0v) is 9.87. The highest BCUT2D eigenvalue weighted by atomic mass is 79.9. The van der Waals surface area contributed by atoms with Crippen molar-refractivity contribution < 1.29 is 9.18 Å². The molecule has 1 aromatic carbocycles. The van der Waals surface area contributed by atoms with E-state index in [1.54, 1.807) is 6.07 Å². The molecule has 1 saturated heterocycles.